The van der Waals surface area contributed by atoms with E-state index in [1.807, 2.05) is 0 Å². The van der Waals surface area contributed by atoms with Crippen molar-refractivity contribution in [3.05, 3.63) is 68.2 Å². The molecule has 0 amide bonds. The molecule has 0 bridgehead atoms. The number of nitrogens with two attached hydrogens (primary N) is 1. The molecule has 1 aliphatic rings. The molecule has 0 saturated carbocycles. The predicted octanol–water partition coefficient (Wildman–Crippen LogP) is 2.42. The van der Waals surface area contributed by atoms with E-state index in [4.69, 9.17) is 41.4 Å². The summed E-state index contributed by atoms with van der Waals surface area (Å²) >= 11 is 6.11. The van der Waals surface area contributed by atoms with Crippen LogP contribution in [0, 0.1) is 0 Å². The minimum atomic E-state index is -4.37. The highest BCUT2D eigenvalue weighted by molar-refractivity contribution is 7.52. The number of nitrogens with zero attached hydrogens (tertiary/aromatic N) is 5. The Bertz CT molecular complexity index is 1350. The van der Waals surface area contributed by atoms with E-state index in [2.05, 4.69) is 20.1 Å². The third-order valence-corrected chi connectivity index (χ3v) is 6.71. The van der Waals surface area contributed by atoms with Crippen LogP contribution < -0.4 is 21.0 Å². The molecule has 0 radical (unpaired) electrons. The van der Waals surface area contributed by atoms with E-state index < -0.39 is 44.3 Å². The van der Waals surface area contributed by atoms with Gasteiger partial charge in [-0.2, -0.15) is 10.1 Å². The molecule has 0 fully saturated rings. The van der Waals surface area contributed by atoms with Crippen molar-refractivity contribution in [1.29, 1.82) is 0 Å². The van der Waals surface area contributed by atoms with Crippen molar-refractivity contribution in [3.8, 4) is 5.75 Å². The smallest absolute Gasteiger partial charge is 0.459 e. The van der Waals surface area contributed by atoms with Crippen LogP contribution in [0.4, 0.5) is 5.82 Å². The molecule has 1 aromatic carbocycles. The Morgan fingerprint density at radius 3 is 2.84 bits per heavy atom. The van der Waals surface area contributed by atoms with E-state index in [0.29, 0.717) is 0 Å². The number of anilines is 1. The molecule has 2 heterocycles. The summed E-state index contributed by atoms with van der Waals surface area (Å²) < 4.78 is 36.0. The molecule has 1 unspecified atom stereocenters. The van der Waals surface area contributed by atoms with Crippen molar-refractivity contribution >= 4 is 37.0 Å². The van der Waals surface area contributed by atoms with E-state index in [9.17, 15) is 19.3 Å². The molecule has 17 heteroatoms. The number of ether oxygens (including phenoxy) is 2. The van der Waals surface area contributed by atoms with Gasteiger partial charge in [-0.05, 0) is 37.6 Å². The second kappa shape index (κ2) is 12.1. The Morgan fingerprint density at radius 1 is 1.46 bits per heavy atom. The maximum absolute atomic E-state index is 13.6. The summed E-state index contributed by atoms with van der Waals surface area (Å²) in [5, 5.41) is 16.7. The zero-order chi connectivity index (χ0) is 27.2. The van der Waals surface area contributed by atoms with Crippen LogP contribution in [0.15, 0.2) is 52.1 Å². The number of rotatable bonds is 11. The monoisotopic (exact) mass is 555 g/mol. The largest absolute Gasteiger partial charge is 0.469 e. The van der Waals surface area contributed by atoms with Crippen LogP contribution in [0.25, 0.3) is 16.3 Å². The highest BCUT2D eigenvalue weighted by atomic mass is 35.5. The van der Waals surface area contributed by atoms with Gasteiger partial charge in [0.15, 0.2) is 6.10 Å². The number of azide groups is 1. The van der Waals surface area contributed by atoms with E-state index >= 15 is 0 Å². The Morgan fingerprint density at radius 2 is 2.19 bits per heavy atom. The number of nitrogen functional groups attached to an aromatic ring is 1. The quantitative estimate of drug-likeness (QED) is 0.120. The van der Waals surface area contributed by atoms with Gasteiger partial charge in [0.1, 0.15) is 29.4 Å². The van der Waals surface area contributed by atoms with Crippen LogP contribution in [-0.4, -0.2) is 52.1 Å². The number of para-hydroxylation sites is 1. The van der Waals surface area contributed by atoms with Crippen molar-refractivity contribution in [3.63, 3.8) is 0 Å². The van der Waals surface area contributed by atoms with Gasteiger partial charge in [-0.25, -0.2) is 13.9 Å². The second-order valence-corrected chi connectivity index (χ2v) is 9.50. The van der Waals surface area contributed by atoms with Gasteiger partial charge >= 0.3 is 19.4 Å². The van der Waals surface area contributed by atoms with Crippen LogP contribution >= 0.6 is 19.3 Å². The first kappa shape index (κ1) is 28.0. The number of carbonyl (C=O) groups excluding carboxylic acids is 1. The number of hydrogen-bond acceptors (Lipinski definition) is 11. The zero-order valence-electron chi connectivity index (χ0n) is 19.6. The minimum absolute atomic E-state index is 0.0166. The summed E-state index contributed by atoms with van der Waals surface area (Å²) in [6, 6.07) is 6.27. The normalized spacial score (nSPS) is 19.4. The second-order valence-electron chi connectivity index (χ2n) is 7.40. The van der Waals surface area contributed by atoms with Crippen LogP contribution in [0.1, 0.15) is 13.8 Å². The van der Waals surface area contributed by atoms with Gasteiger partial charge in [-0.3, -0.25) is 9.32 Å². The first-order valence-electron chi connectivity index (χ1n) is 10.7. The molecule has 2 aromatic rings. The maximum atomic E-state index is 13.6. The van der Waals surface area contributed by atoms with Crippen LogP contribution in [0.5, 0.6) is 5.75 Å². The lowest BCUT2D eigenvalue weighted by molar-refractivity contribution is -0.144. The van der Waals surface area contributed by atoms with Gasteiger partial charge in [0, 0.05) is 11.1 Å². The van der Waals surface area contributed by atoms with Gasteiger partial charge < -0.3 is 24.8 Å². The third-order valence-electron chi connectivity index (χ3n) is 4.77. The number of aliphatic hydroxyl groups excluding tert-OH is 1. The molecule has 4 atom stereocenters. The average Bonchev–Trinajstić information content (AvgIpc) is 3.15. The molecular formula is C20H23ClN7O8P. The Hall–Kier alpha value is -3.58. The first-order valence-corrected chi connectivity index (χ1v) is 12.6. The fraction of sp³-hybridized carbons (Fsp3) is 0.350. The molecular weight excluding hydrogens is 533 g/mol. The lowest BCUT2D eigenvalue weighted by atomic mass is 10.2. The number of nitrogens with one attached hydrogen (secondary N) is 1. The summed E-state index contributed by atoms with van der Waals surface area (Å²) in [5.74, 6) is -1.13. The predicted molar refractivity (Wildman–Crippen MR) is 131 cm³/mol. The van der Waals surface area contributed by atoms with Crippen molar-refractivity contribution in [2.75, 3.05) is 18.9 Å². The maximum Gasteiger partial charge on any atom is 0.459 e. The first-order chi connectivity index (χ1) is 17.6. The molecule has 3 rings (SSSR count). The topological polar surface area (TPSA) is 213 Å². The standard InChI is InChI=1S/C20H23ClN7O8P/c1-3-33-19(30)11(2)26-37(32,36-13-7-5-4-6-12(13)21)34-10-14-17(29)16(25-27-23)18(35-14)28-9-8-15(22)24-20(28)31/h4-9,11,14,17,29H,3,10H2,1-2H3,(H,26,32)(H2,22,24,31)/t11-,14+,17+,37?/m0/s1. The highest BCUT2D eigenvalue weighted by Crippen LogP contribution is 2.47. The van der Waals surface area contributed by atoms with Gasteiger partial charge in [0.05, 0.1) is 18.2 Å². The van der Waals surface area contributed by atoms with Crippen molar-refractivity contribution in [2.45, 2.75) is 32.1 Å². The summed E-state index contributed by atoms with van der Waals surface area (Å²) in [6.45, 7) is 2.45. The Labute approximate surface area is 215 Å². The number of aromatic nitrogens is 2. The Balaban J connectivity index is 1.85. The van der Waals surface area contributed by atoms with Gasteiger partial charge in [-0.15, -0.1) is 0 Å². The summed E-state index contributed by atoms with van der Waals surface area (Å²) in [5.41, 5.74) is 13.2. The van der Waals surface area contributed by atoms with Crippen molar-refractivity contribution in [1.82, 2.24) is 14.6 Å². The lowest BCUT2D eigenvalue weighted by Gasteiger charge is -2.25. The highest BCUT2D eigenvalue weighted by Gasteiger charge is 2.40. The SMILES string of the molecule is CCOC(=O)[C@H](C)NP(=O)(OC[C@H]1OC(n2ccc(N)nc2=O)=C(N=[N+]=[N-])[C@@H]1O)Oc1ccccc1Cl. The van der Waals surface area contributed by atoms with Gasteiger partial charge in [-0.1, -0.05) is 28.8 Å². The van der Waals surface area contributed by atoms with Gasteiger partial charge in [0.25, 0.3) is 0 Å². The molecule has 1 aliphatic heterocycles. The van der Waals surface area contributed by atoms with Gasteiger partial charge in [0.2, 0.25) is 5.88 Å². The molecule has 4 N–H and O–H groups in total. The Kier molecular flexibility index (Phi) is 9.16. The van der Waals surface area contributed by atoms with E-state index in [1.54, 1.807) is 19.1 Å². The molecule has 1 aromatic heterocycles. The number of halogens is 1. The molecule has 0 aliphatic carbocycles. The summed E-state index contributed by atoms with van der Waals surface area (Å²) in [6.07, 6.45) is -1.72. The van der Waals surface area contributed by atoms with Crippen LogP contribution in [0.3, 0.4) is 0 Å². The van der Waals surface area contributed by atoms with Crippen LogP contribution in [-0.2, 0) is 23.4 Å². The number of carbonyl (C=O) groups is 1. The van der Waals surface area contributed by atoms with E-state index in [1.165, 1.54) is 31.3 Å². The van der Waals surface area contributed by atoms with E-state index in [-0.39, 0.29) is 34.8 Å². The molecule has 0 saturated heterocycles. The molecule has 15 nitrogen and oxygen atoms in total. The van der Waals surface area contributed by atoms with E-state index in [0.717, 1.165) is 4.57 Å². The average molecular weight is 556 g/mol. The van der Waals surface area contributed by atoms with Crippen LogP contribution in [0.2, 0.25) is 5.02 Å². The molecule has 37 heavy (non-hydrogen) atoms. The fourth-order valence-corrected chi connectivity index (χ4v) is 4.81. The number of esters is 1. The van der Waals surface area contributed by atoms with Crippen molar-refractivity contribution < 1.29 is 33.0 Å². The lowest BCUT2D eigenvalue weighted by Crippen LogP contribution is -2.36. The zero-order valence-corrected chi connectivity index (χ0v) is 21.2. The third kappa shape index (κ3) is 6.80. The number of aliphatic hydroxyl groups is 1. The summed E-state index contributed by atoms with van der Waals surface area (Å²) in [4.78, 5) is 30.6. The molecule has 198 valence electrons. The van der Waals surface area contributed by atoms with Crippen molar-refractivity contribution in [2.24, 2.45) is 5.11 Å². The molecule has 0 spiro atoms. The minimum Gasteiger partial charge on any atom is -0.469 e. The summed E-state index contributed by atoms with van der Waals surface area (Å²) in [7, 11) is -4.37. The fourth-order valence-electron chi connectivity index (χ4n) is 3.06. The number of hydrogen-bond donors (Lipinski definition) is 3. The number of benzene rings is 1.